The molecular formula is C14H17F3N2O. The van der Waals surface area contributed by atoms with Crippen molar-refractivity contribution in [3.8, 4) is 0 Å². The Morgan fingerprint density at radius 1 is 1.15 bits per heavy atom. The Balaban J connectivity index is 2.07. The lowest BCUT2D eigenvalue weighted by Crippen LogP contribution is -2.44. The van der Waals surface area contributed by atoms with E-state index in [0.29, 0.717) is 25.2 Å². The molecule has 2 rings (SSSR count). The molecule has 1 unspecified atom stereocenters. The highest BCUT2D eigenvalue weighted by molar-refractivity contribution is 5.84. The summed E-state index contributed by atoms with van der Waals surface area (Å²) in [5.41, 5.74) is -0.468. The molecule has 0 radical (unpaired) electrons. The van der Waals surface area contributed by atoms with E-state index in [-0.39, 0.29) is 5.91 Å². The van der Waals surface area contributed by atoms with Crippen molar-refractivity contribution in [3.63, 3.8) is 0 Å². The smallest absolute Gasteiger partial charge is 0.244 e. The minimum Gasteiger partial charge on any atom is -0.369 e. The Bertz CT molecular complexity index is 478. The highest BCUT2D eigenvalue weighted by Gasteiger charge is 2.24. The topological polar surface area (TPSA) is 32.3 Å². The molecule has 1 saturated heterocycles. The lowest BCUT2D eigenvalue weighted by atomic mass is 10.1. The minimum absolute atomic E-state index is 0.201. The van der Waals surface area contributed by atoms with E-state index in [0.717, 1.165) is 19.3 Å². The van der Waals surface area contributed by atoms with Crippen LogP contribution in [0.5, 0.6) is 0 Å². The molecule has 0 aliphatic carbocycles. The van der Waals surface area contributed by atoms with Crippen molar-refractivity contribution >= 4 is 11.6 Å². The van der Waals surface area contributed by atoms with Crippen molar-refractivity contribution in [1.29, 1.82) is 0 Å². The van der Waals surface area contributed by atoms with Gasteiger partial charge in [-0.05, 0) is 26.2 Å². The van der Waals surface area contributed by atoms with Gasteiger partial charge >= 0.3 is 0 Å². The van der Waals surface area contributed by atoms with E-state index in [1.807, 2.05) is 0 Å². The van der Waals surface area contributed by atoms with Gasteiger partial charge in [0.25, 0.3) is 0 Å². The van der Waals surface area contributed by atoms with Crippen LogP contribution in [-0.2, 0) is 4.79 Å². The maximum absolute atomic E-state index is 13.5. The van der Waals surface area contributed by atoms with Crippen LogP contribution in [0.3, 0.4) is 0 Å². The zero-order valence-corrected chi connectivity index (χ0v) is 11.3. The molecule has 110 valence electrons. The molecule has 6 heteroatoms. The Morgan fingerprint density at radius 2 is 1.70 bits per heavy atom. The summed E-state index contributed by atoms with van der Waals surface area (Å²) in [4.78, 5) is 13.8. The number of nitrogens with zero attached hydrogens (tertiary/aromatic N) is 1. The van der Waals surface area contributed by atoms with Crippen LogP contribution in [0.4, 0.5) is 18.9 Å². The molecule has 3 nitrogen and oxygen atoms in total. The van der Waals surface area contributed by atoms with Gasteiger partial charge in [0, 0.05) is 25.2 Å². The lowest BCUT2D eigenvalue weighted by molar-refractivity contribution is -0.132. The van der Waals surface area contributed by atoms with Crippen molar-refractivity contribution in [2.75, 3.05) is 18.4 Å². The van der Waals surface area contributed by atoms with Crippen molar-refractivity contribution in [1.82, 2.24) is 4.90 Å². The molecule has 1 aromatic rings. The number of amides is 1. The van der Waals surface area contributed by atoms with Gasteiger partial charge < -0.3 is 10.2 Å². The second kappa shape index (κ2) is 6.15. The highest BCUT2D eigenvalue weighted by atomic mass is 19.1. The summed E-state index contributed by atoms with van der Waals surface area (Å²) in [5, 5.41) is 2.49. The molecule has 1 amide bonds. The maximum Gasteiger partial charge on any atom is 0.244 e. The van der Waals surface area contributed by atoms with E-state index >= 15 is 0 Å². The third-order valence-electron chi connectivity index (χ3n) is 3.41. The van der Waals surface area contributed by atoms with Crippen LogP contribution < -0.4 is 5.32 Å². The van der Waals surface area contributed by atoms with Crippen LogP contribution in [0, 0.1) is 17.5 Å². The second-order valence-corrected chi connectivity index (χ2v) is 5.00. The lowest BCUT2D eigenvalue weighted by Gasteiger charge is -2.29. The van der Waals surface area contributed by atoms with Crippen LogP contribution in [-0.4, -0.2) is 29.9 Å². The summed E-state index contributed by atoms with van der Waals surface area (Å²) in [7, 11) is 0. The SMILES string of the molecule is CC(Nc1c(F)cc(F)cc1F)C(=O)N1CCCCC1. The number of rotatable bonds is 3. The van der Waals surface area contributed by atoms with E-state index in [2.05, 4.69) is 5.32 Å². The molecule has 1 aromatic carbocycles. The molecule has 20 heavy (non-hydrogen) atoms. The Kier molecular flexibility index (Phi) is 4.52. The standard InChI is InChI=1S/C14H17F3N2O/c1-9(14(20)19-5-3-2-4-6-19)18-13-11(16)7-10(15)8-12(13)17/h7-9,18H,2-6H2,1H3. The van der Waals surface area contributed by atoms with Crippen LogP contribution in [0.15, 0.2) is 12.1 Å². The number of hydrogen-bond donors (Lipinski definition) is 1. The first kappa shape index (κ1) is 14.7. The molecule has 1 N–H and O–H groups in total. The number of carbonyl (C=O) groups excluding carboxylic acids is 1. The first-order valence-electron chi connectivity index (χ1n) is 6.69. The molecule has 0 aromatic heterocycles. The number of hydrogen-bond acceptors (Lipinski definition) is 2. The second-order valence-electron chi connectivity index (χ2n) is 5.00. The van der Waals surface area contributed by atoms with Gasteiger partial charge in [-0.1, -0.05) is 0 Å². The summed E-state index contributed by atoms with van der Waals surface area (Å²) in [6.07, 6.45) is 2.97. The zero-order chi connectivity index (χ0) is 14.7. The fraction of sp³-hybridized carbons (Fsp3) is 0.500. The van der Waals surface area contributed by atoms with E-state index in [9.17, 15) is 18.0 Å². The van der Waals surface area contributed by atoms with Crippen LogP contribution >= 0.6 is 0 Å². The van der Waals surface area contributed by atoms with Crippen LogP contribution in [0.2, 0.25) is 0 Å². The Morgan fingerprint density at radius 3 is 2.25 bits per heavy atom. The monoisotopic (exact) mass is 286 g/mol. The molecule has 1 atom stereocenters. The van der Waals surface area contributed by atoms with Crippen molar-refractivity contribution in [2.45, 2.75) is 32.2 Å². The normalized spacial score (nSPS) is 16.9. The van der Waals surface area contributed by atoms with Gasteiger partial charge in [0.05, 0.1) is 0 Å². The third-order valence-corrected chi connectivity index (χ3v) is 3.41. The fourth-order valence-electron chi connectivity index (χ4n) is 2.35. The quantitative estimate of drug-likeness (QED) is 0.926. The van der Waals surface area contributed by atoms with Gasteiger partial charge in [-0.25, -0.2) is 13.2 Å². The number of halogens is 3. The number of piperidine rings is 1. The number of carbonyl (C=O) groups is 1. The first-order valence-corrected chi connectivity index (χ1v) is 6.69. The number of likely N-dealkylation sites (tertiary alicyclic amines) is 1. The summed E-state index contributed by atoms with van der Waals surface area (Å²) < 4.78 is 39.8. The van der Waals surface area contributed by atoms with Gasteiger partial charge in [0.2, 0.25) is 5.91 Å². The first-order chi connectivity index (χ1) is 9.49. The molecular weight excluding hydrogens is 269 g/mol. The molecule has 1 heterocycles. The zero-order valence-electron chi connectivity index (χ0n) is 11.3. The Hall–Kier alpha value is -1.72. The largest absolute Gasteiger partial charge is 0.369 e. The molecule has 0 bridgehead atoms. The van der Waals surface area contributed by atoms with E-state index < -0.39 is 29.2 Å². The Labute approximate surface area is 115 Å². The van der Waals surface area contributed by atoms with E-state index in [1.54, 1.807) is 11.8 Å². The number of benzene rings is 1. The molecule has 0 spiro atoms. The summed E-state index contributed by atoms with van der Waals surface area (Å²) in [6, 6.07) is 0.412. The van der Waals surface area contributed by atoms with Gasteiger partial charge in [0.1, 0.15) is 17.5 Å². The van der Waals surface area contributed by atoms with Crippen LogP contribution in [0.25, 0.3) is 0 Å². The average Bonchev–Trinajstić information content (AvgIpc) is 2.42. The predicted octanol–water partition coefficient (Wildman–Crippen LogP) is 2.92. The number of anilines is 1. The molecule has 1 aliphatic rings. The summed E-state index contributed by atoms with van der Waals surface area (Å²) in [5.74, 6) is -3.27. The van der Waals surface area contributed by atoms with E-state index in [4.69, 9.17) is 0 Å². The van der Waals surface area contributed by atoms with Crippen molar-refractivity contribution in [2.24, 2.45) is 0 Å². The van der Waals surface area contributed by atoms with Gasteiger partial charge in [-0.3, -0.25) is 4.79 Å². The summed E-state index contributed by atoms with van der Waals surface area (Å²) in [6.45, 7) is 2.87. The van der Waals surface area contributed by atoms with Gasteiger partial charge in [0.15, 0.2) is 11.6 Å². The van der Waals surface area contributed by atoms with Crippen LogP contribution in [0.1, 0.15) is 26.2 Å². The molecule has 1 aliphatic heterocycles. The van der Waals surface area contributed by atoms with Gasteiger partial charge in [-0.2, -0.15) is 0 Å². The minimum atomic E-state index is -1.04. The van der Waals surface area contributed by atoms with Crippen molar-refractivity contribution < 1.29 is 18.0 Å². The predicted molar refractivity (Wildman–Crippen MR) is 69.8 cm³/mol. The summed E-state index contributed by atoms with van der Waals surface area (Å²) >= 11 is 0. The molecule has 0 saturated carbocycles. The molecule has 1 fully saturated rings. The third kappa shape index (κ3) is 3.23. The highest BCUT2D eigenvalue weighted by Crippen LogP contribution is 2.21. The maximum atomic E-state index is 13.5. The average molecular weight is 286 g/mol. The van der Waals surface area contributed by atoms with E-state index in [1.165, 1.54) is 0 Å². The van der Waals surface area contributed by atoms with Crippen molar-refractivity contribution in [3.05, 3.63) is 29.6 Å². The number of nitrogens with one attached hydrogen (secondary N) is 1. The fourth-order valence-corrected chi connectivity index (χ4v) is 2.35. The van der Waals surface area contributed by atoms with Gasteiger partial charge in [-0.15, -0.1) is 0 Å².